The number of aryl methyl sites for hydroxylation is 1. The van der Waals surface area contributed by atoms with Gasteiger partial charge < -0.3 is 0 Å². The fraction of sp³-hybridized carbons (Fsp3) is 0.375. The van der Waals surface area contributed by atoms with E-state index < -0.39 is 9.84 Å². The number of para-hydroxylation sites is 1. The molecule has 0 spiro atoms. The highest BCUT2D eigenvalue weighted by Gasteiger charge is 2.31. The Morgan fingerprint density at radius 2 is 2.08 bits per heavy atom. The van der Waals surface area contributed by atoms with Crippen molar-refractivity contribution in [3.63, 3.8) is 0 Å². The van der Waals surface area contributed by atoms with Gasteiger partial charge in [0.1, 0.15) is 11.6 Å². The van der Waals surface area contributed by atoms with E-state index in [1.165, 1.54) is 10.9 Å². The van der Waals surface area contributed by atoms with Crippen molar-refractivity contribution < 1.29 is 8.42 Å². The second kappa shape index (κ2) is 5.76. The maximum Gasteiger partial charge on any atom is 0.261 e. The summed E-state index contributed by atoms with van der Waals surface area (Å²) in [6.45, 7) is 1.96. The van der Waals surface area contributed by atoms with Crippen molar-refractivity contribution in [1.29, 1.82) is 0 Å². The second-order valence-corrected chi connectivity index (χ2v) is 8.50. The molecule has 0 saturated carbocycles. The van der Waals surface area contributed by atoms with Gasteiger partial charge in [0.05, 0.1) is 41.3 Å². The molecule has 1 aliphatic heterocycles. The van der Waals surface area contributed by atoms with Crippen LogP contribution in [0, 0.1) is 6.92 Å². The third-order valence-electron chi connectivity index (χ3n) is 4.41. The highest BCUT2D eigenvalue weighted by atomic mass is 32.2. The van der Waals surface area contributed by atoms with Crippen molar-refractivity contribution in [2.75, 3.05) is 11.5 Å². The van der Waals surface area contributed by atoms with Gasteiger partial charge in [-0.15, -0.1) is 0 Å². The molecule has 0 aliphatic carbocycles. The minimum atomic E-state index is -3.03. The lowest BCUT2D eigenvalue weighted by atomic mass is 10.2. The molecule has 0 amide bonds. The summed E-state index contributed by atoms with van der Waals surface area (Å²) in [5.74, 6) is 1.35. The average molecular weight is 359 g/mol. The van der Waals surface area contributed by atoms with Crippen LogP contribution in [0.3, 0.4) is 0 Å². The third kappa shape index (κ3) is 2.95. The summed E-state index contributed by atoms with van der Waals surface area (Å²) in [5, 5.41) is 4.89. The molecule has 2 aromatic heterocycles. The summed E-state index contributed by atoms with van der Waals surface area (Å²) in [6.07, 6.45) is 2.01. The fourth-order valence-electron chi connectivity index (χ4n) is 3.21. The lowest BCUT2D eigenvalue weighted by Gasteiger charge is -2.12. The predicted octanol–water partition coefficient (Wildman–Crippen LogP) is 0.704. The van der Waals surface area contributed by atoms with E-state index in [2.05, 4.69) is 15.1 Å². The Kier molecular flexibility index (Phi) is 3.68. The highest BCUT2D eigenvalue weighted by molar-refractivity contribution is 7.91. The van der Waals surface area contributed by atoms with Crippen LogP contribution in [0.15, 0.2) is 35.4 Å². The van der Waals surface area contributed by atoms with E-state index in [-0.39, 0.29) is 29.7 Å². The first kappa shape index (κ1) is 15.9. The summed E-state index contributed by atoms with van der Waals surface area (Å²) < 4.78 is 26.7. The molecule has 1 saturated heterocycles. The standard InChI is InChI=1S/C16H17N5O3S/c1-11-18-15(21(19-11)12-6-7-25(23,24)9-12)8-20-10-17-14-5-3-2-4-13(14)16(20)22/h2-5,10,12H,6-9H2,1H3/t12-/m1/s1. The molecular weight excluding hydrogens is 342 g/mol. The van der Waals surface area contributed by atoms with Gasteiger partial charge in [0.2, 0.25) is 0 Å². The van der Waals surface area contributed by atoms with E-state index in [9.17, 15) is 13.2 Å². The van der Waals surface area contributed by atoms with Crippen LogP contribution in [0.5, 0.6) is 0 Å². The molecule has 0 N–H and O–H groups in total. The van der Waals surface area contributed by atoms with Crippen LogP contribution in [0.25, 0.3) is 10.9 Å². The normalized spacial score (nSPS) is 19.5. The lowest BCUT2D eigenvalue weighted by Crippen LogP contribution is -2.24. The summed E-state index contributed by atoms with van der Waals surface area (Å²) in [6, 6.07) is 6.92. The van der Waals surface area contributed by atoms with Crippen molar-refractivity contribution in [3.05, 3.63) is 52.6 Å². The van der Waals surface area contributed by atoms with Gasteiger partial charge in [0.15, 0.2) is 9.84 Å². The number of hydrogen-bond acceptors (Lipinski definition) is 6. The Morgan fingerprint density at radius 3 is 2.84 bits per heavy atom. The molecule has 0 radical (unpaired) electrons. The SMILES string of the molecule is Cc1nc(Cn2cnc3ccccc3c2=O)n([C@@H]2CCS(=O)(=O)C2)n1. The van der Waals surface area contributed by atoms with Crippen LogP contribution < -0.4 is 5.56 Å². The molecule has 1 aromatic carbocycles. The lowest BCUT2D eigenvalue weighted by molar-refractivity contribution is 0.466. The van der Waals surface area contributed by atoms with Gasteiger partial charge in [-0.3, -0.25) is 9.36 Å². The van der Waals surface area contributed by atoms with Gasteiger partial charge in [-0.05, 0) is 25.5 Å². The van der Waals surface area contributed by atoms with Crippen LogP contribution in [-0.4, -0.2) is 44.2 Å². The van der Waals surface area contributed by atoms with Crippen LogP contribution in [-0.2, 0) is 16.4 Å². The molecule has 4 rings (SSSR count). The molecule has 0 bridgehead atoms. The van der Waals surface area contributed by atoms with Crippen molar-refractivity contribution in [2.45, 2.75) is 25.9 Å². The number of sulfone groups is 1. The average Bonchev–Trinajstić information content (AvgIpc) is 3.12. The zero-order valence-corrected chi connectivity index (χ0v) is 14.5. The monoisotopic (exact) mass is 359 g/mol. The molecule has 3 heterocycles. The number of nitrogens with zero attached hydrogens (tertiary/aromatic N) is 5. The molecule has 1 fully saturated rings. The Bertz CT molecular complexity index is 1120. The molecule has 1 aliphatic rings. The maximum atomic E-state index is 12.6. The number of fused-ring (bicyclic) bond motifs is 1. The van der Waals surface area contributed by atoms with Crippen LogP contribution in [0.2, 0.25) is 0 Å². The summed E-state index contributed by atoms with van der Waals surface area (Å²) >= 11 is 0. The van der Waals surface area contributed by atoms with Gasteiger partial charge in [0.25, 0.3) is 5.56 Å². The molecule has 1 atom stereocenters. The summed E-state index contributed by atoms with van der Waals surface area (Å²) in [5.41, 5.74) is 0.486. The molecule has 8 nitrogen and oxygen atoms in total. The topological polar surface area (TPSA) is 99.7 Å². The smallest absolute Gasteiger partial charge is 0.261 e. The Morgan fingerprint density at radius 1 is 1.28 bits per heavy atom. The first-order chi connectivity index (χ1) is 11.9. The fourth-order valence-corrected chi connectivity index (χ4v) is 4.91. The van der Waals surface area contributed by atoms with Crippen molar-refractivity contribution in [1.82, 2.24) is 24.3 Å². The van der Waals surface area contributed by atoms with Gasteiger partial charge in [-0.2, -0.15) is 5.10 Å². The van der Waals surface area contributed by atoms with Crippen molar-refractivity contribution >= 4 is 20.7 Å². The molecule has 0 unspecified atom stereocenters. The number of aromatic nitrogens is 5. The third-order valence-corrected chi connectivity index (χ3v) is 6.16. The zero-order chi connectivity index (χ0) is 17.6. The minimum absolute atomic E-state index is 0.0632. The van der Waals surface area contributed by atoms with Crippen molar-refractivity contribution in [2.24, 2.45) is 0 Å². The largest absolute Gasteiger partial charge is 0.291 e. The molecule has 3 aromatic rings. The molecule has 130 valence electrons. The highest BCUT2D eigenvalue weighted by Crippen LogP contribution is 2.24. The van der Waals surface area contributed by atoms with Crippen LogP contribution in [0.1, 0.15) is 24.1 Å². The van der Waals surface area contributed by atoms with E-state index in [0.717, 1.165) is 0 Å². The Balaban J connectivity index is 1.73. The predicted molar refractivity (Wildman–Crippen MR) is 92.2 cm³/mol. The van der Waals surface area contributed by atoms with E-state index in [1.807, 2.05) is 6.07 Å². The minimum Gasteiger partial charge on any atom is -0.291 e. The van der Waals surface area contributed by atoms with E-state index in [0.29, 0.717) is 29.0 Å². The number of benzene rings is 1. The molecular formula is C16H17N5O3S. The van der Waals surface area contributed by atoms with E-state index in [1.54, 1.807) is 29.8 Å². The first-order valence-electron chi connectivity index (χ1n) is 7.99. The Hall–Kier alpha value is -2.55. The number of rotatable bonds is 3. The Labute approximate surface area is 144 Å². The van der Waals surface area contributed by atoms with Crippen LogP contribution in [0.4, 0.5) is 0 Å². The summed E-state index contributed by atoms with van der Waals surface area (Å²) in [4.78, 5) is 21.3. The van der Waals surface area contributed by atoms with Gasteiger partial charge in [-0.25, -0.2) is 23.1 Å². The van der Waals surface area contributed by atoms with Crippen molar-refractivity contribution in [3.8, 4) is 0 Å². The zero-order valence-electron chi connectivity index (χ0n) is 13.7. The second-order valence-electron chi connectivity index (χ2n) is 6.27. The maximum absolute atomic E-state index is 12.6. The first-order valence-corrected chi connectivity index (χ1v) is 9.82. The van der Waals surface area contributed by atoms with E-state index in [4.69, 9.17) is 0 Å². The van der Waals surface area contributed by atoms with Gasteiger partial charge in [0, 0.05) is 0 Å². The quantitative estimate of drug-likeness (QED) is 0.683. The van der Waals surface area contributed by atoms with E-state index >= 15 is 0 Å². The summed E-state index contributed by atoms with van der Waals surface area (Å²) in [7, 11) is -3.03. The van der Waals surface area contributed by atoms with Crippen LogP contribution >= 0.6 is 0 Å². The molecule has 25 heavy (non-hydrogen) atoms. The van der Waals surface area contributed by atoms with Gasteiger partial charge in [-0.1, -0.05) is 12.1 Å². The van der Waals surface area contributed by atoms with Gasteiger partial charge >= 0.3 is 0 Å². The molecule has 9 heteroatoms. The number of hydrogen-bond donors (Lipinski definition) is 0.